The first-order valence-corrected chi connectivity index (χ1v) is 20.2. The van der Waals surface area contributed by atoms with Crippen molar-refractivity contribution in [3.63, 3.8) is 0 Å². The van der Waals surface area contributed by atoms with Crippen LogP contribution in [0, 0.1) is 24.7 Å². The Kier molecular flexibility index (Phi) is 10.6. The molecule has 2 aromatic carbocycles. The lowest BCUT2D eigenvalue weighted by molar-refractivity contribution is -0.137. The summed E-state index contributed by atoms with van der Waals surface area (Å²) in [6.45, 7) is 2.77. The number of alkyl halides is 1. The van der Waals surface area contributed by atoms with Gasteiger partial charge in [-0.15, -0.1) is 0 Å². The van der Waals surface area contributed by atoms with E-state index in [0.717, 1.165) is 46.4 Å². The first kappa shape index (κ1) is 37.1. The number of anilines is 1. The van der Waals surface area contributed by atoms with E-state index in [2.05, 4.69) is 65.6 Å². The van der Waals surface area contributed by atoms with Crippen LogP contribution in [0.1, 0.15) is 80.2 Å². The molecule has 2 amide bonds. The first-order chi connectivity index (χ1) is 26.6. The largest absolute Gasteiger partial charge is 0.326 e. The molecule has 10 nitrogen and oxygen atoms in total. The third-order valence-electron chi connectivity index (χ3n) is 11.9. The molecule has 1 N–H and O–H groups in total. The van der Waals surface area contributed by atoms with Gasteiger partial charge >= 0.3 is 0 Å². The topological polar surface area (TPSA) is 123 Å². The lowest BCUT2D eigenvalue weighted by Crippen LogP contribution is -2.44. The van der Waals surface area contributed by atoms with Crippen LogP contribution in [0.4, 0.5) is 10.2 Å². The van der Waals surface area contributed by atoms with Crippen molar-refractivity contribution >= 4 is 50.2 Å². The molecule has 284 valence electrons. The monoisotopic (exact) mass is 805 g/mol. The van der Waals surface area contributed by atoms with Crippen LogP contribution in [0.5, 0.6) is 0 Å². The number of aryl methyl sites for hydroxylation is 1. The molecule has 1 saturated heterocycles. The predicted octanol–water partition coefficient (Wildman–Crippen LogP) is 8.56. The summed E-state index contributed by atoms with van der Waals surface area (Å²) < 4.78 is 16.9. The number of nitrogens with zero attached hydrogens (tertiary/aromatic N) is 6. The number of aromatic nitrogens is 5. The predicted molar refractivity (Wildman–Crippen MR) is 213 cm³/mol. The van der Waals surface area contributed by atoms with Crippen molar-refractivity contribution in [2.75, 3.05) is 11.9 Å². The number of fused-ring (bicyclic) bond motifs is 1. The molecule has 0 bridgehead atoms. The second-order valence-electron chi connectivity index (χ2n) is 15.6. The molecular formula is C43H45BrFN7O3. The molecule has 3 aliphatic rings. The second kappa shape index (κ2) is 15.7. The summed E-state index contributed by atoms with van der Waals surface area (Å²) in [6.07, 6.45) is 12.7. The van der Waals surface area contributed by atoms with Crippen LogP contribution in [0.25, 0.3) is 33.2 Å². The van der Waals surface area contributed by atoms with Gasteiger partial charge in [-0.1, -0.05) is 56.0 Å². The second-order valence-corrected chi connectivity index (χ2v) is 16.4. The minimum Gasteiger partial charge on any atom is -0.326 e. The van der Waals surface area contributed by atoms with E-state index in [4.69, 9.17) is 0 Å². The normalized spacial score (nSPS) is 21.4. The number of carbonyl (C=O) groups is 3. The Labute approximate surface area is 328 Å². The van der Waals surface area contributed by atoms with Gasteiger partial charge in [-0.3, -0.25) is 19.1 Å². The SMILES string of the molecule is CC(=O)c1nn(CC(=O)N2C[C@H](F)C[C@H]2C(=O)Nc2cccc(Br)n2)c2cc(-c3ccc(CC4CCC(C5CCCC5)C4)cc3)c(-c3cnc(C)nc3)cc12. The molecular weight excluding hydrogens is 761 g/mol. The Morgan fingerprint density at radius 1 is 0.909 bits per heavy atom. The number of pyridine rings is 1. The maximum Gasteiger partial charge on any atom is 0.248 e. The molecule has 0 spiro atoms. The van der Waals surface area contributed by atoms with Crippen LogP contribution < -0.4 is 5.32 Å². The summed E-state index contributed by atoms with van der Waals surface area (Å²) in [5.74, 6) is 2.20. The van der Waals surface area contributed by atoms with Crippen LogP contribution in [0.3, 0.4) is 0 Å². The molecule has 55 heavy (non-hydrogen) atoms. The van der Waals surface area contributed by atoms with E-state index in [0.29, 0.717) is 27.1 Å². The van der Waals surface area contributed by atoms with Crippen LogP contribution in [-0.4, -0.2) is 66.0 Å². The zero-order valence-corrected chi connectivity index (χ0v) is 32.8. The Balaban J connectivity index is 1.10. The molecule has 4 atom stereocenters. The number of hydrogen-bond acceptors (Lipinski definition) is 7. The zero-order chi connectivity index (χ0) is 38.2. The molecule has 0 radical (unpaired) electrons. The smallest absolute Gasteiger partial charge is 0.248 e. The van der Waals surface area contributed by atoms with Crippen molar-refractivity contribution in [1.29, 1.82) is 0 Å². The Morgan fingerprint density at radius 2 is 1.65 bits per heavy atom. The number of ketones is 1. The zero-order valence-electron chi connectivity index (χ0n) is 31.2. The van der Waals surface area contributed by atoms with E-state index in [1.807, 2.05) is 19.1 Å². The lowest BCUT2D eigenvalue weighted by atomic mass is 9.87. The van der Waals surface area contributed by atoms with Gasteiger partial charge in [-0.25, -0.2) is 19.3 Å². The average molecular weight is 807 g/mol. The number of likely N-dealkylation sites (tertiary alicyclic amines) is 1. The summed E-state index contributed by atoms with van der Waals surface area (Å²) in [5.41, 5.74) is 5.58. The van der Waals surface area contributed by atoms with E-state index in [-0.39, 0.29) is 31.0 Å². The number of amides is 2. The fourth-order valence-electron chi connectivity index (χ4n) is 9.13. The third kappa shape index (κ3) is 7.97. The van der Waals surface area contributed by atoms with Gasteiger partial charge in [0.15, 0.2) is 5.78 Å². The minimum absolute atomic E-state index is 0.131. The maximum atomic E-state index is 14.9. The van der Waals surface area contributed by atoms with Crippen molar-refractivity contribution in [2.45, 2.75) is 90.4 Å². The van der Waals surface area contributed by atoms with Crippen molar-refractivity contribution in [3.8, 4) is 22.3 Å². The Hall–Kier alpha value is -4.84. The minimum atomic E-state index is -1.37. The fraction of sp³-hybridized carbons (Fsp3) is 0.419. The van der Waals surface area contributed by atoms with E-state index >= 15 is 0 Å². The van der Waals surface area contributed by atoms with Crippen molar-refractivity contribution in [3.05, 3.63) is 88.7 Å². The van der Waals surface area contributed by atoms with Crippen molar-refractivity contribution in [2.24, 2.45) is 17.8 Å². The van der Waals surface area contributed by atoms with Crippen LogP contribution in [0.15, 0.2) is 71.6 Å². The summed E-state index contributed by atoms with van der Waals surface area (Å²) in [7, 11) is 0. The summed E-state index contributed by atoms with van der Waals surface area (Å²) in [5, 5.41) is 7.93. The molecule has 3 aromatic heterocycles. The highest BCUT2D eigenvalue weighted by Gasteiger charge is 2.40. The molecule has 4 heterocycles. The molecule has 8 rings (SSSR count). The van der Waals surface area contributed by atoms with Gasteiger partial charge in [0.2, 0.25) is 11.8 Å². The number of benzene rings is 2. The van der Waals surface area contributed by atoms with E-state index in [9.17, 15) is 18.8 Å². The fourth-order valence-corrected chi connectivity index (χ4v) is 9.48. The Morgan fingerprint density at radius 3 is 2.38 bits per heavy atom. The third-order valence-corrected chi connectivity index (χ3v) is 12.3. The summed E-state index contributed by atoms with van der Waals surface area (Å²) >= 11 is 3.29. The molecule has 2 saturated carbocycles. The van der Waals surface area contributed by atoms with Crippen molar-refractivity contribution in [1.82, 2.24) is 29.6 Å². The average Bonchev–Trinajstić information content (AvgIpc) is 3.99. The highest BCUT2D eigenvalue weighted by atomic mass is 79.9. The van der Waals surface area contributed by atoms with Gasteiger partial charge in [0.1, 0.15) is 40.7 Å². The van der Waals surface area contributed by atoms with Crippen LogP contribution in [0.2, 0.25) is 0 Å². The number of Topliss-reactive ketones (excluding diaryl/α,β-unsaturated/α-hetero) is 1. The number of carbonyl (C=O) groups excluding carboxylic acids is 3. The van der Waals surface area contributed by atoms with Gasteiger partial charge in [-0.05, 0) is 113 Å². The number of halogens is 2. The summed E-state index contributed by atoms with van der Waals surface area (Å²) in [6, 6.07) is 16.6. The van der Waals surface area contributed by atoms with Crippen LogP contribution >= 0.6 is 15.9 Å². The highest BCUT2D eigenvalue weighted by molar-refractivity contribution is 9.10. The Bertz CT molecular complexity index is 2240. The van der Waals surface area contributed by atoms with E-state index < -0.39 is 24.0 Å². The standard InChI is InChI=1S/C43H45BrFN7O3/c1-25(53)42-36-19-34(32-21-46-26(2)47-22-32)35(30-13-10-27(11-14-30)16-28-12-15-31(17-28)29-6-3-4-7-29)20-37(36)52(50-42)24-41(54)51-23-33(45)18-38(51)43(55)49-40-9-5-8-39(44)48-40/h5,8-11,13-14,19-22,28-29,31,33,38H,3-4,6-7,12,15-18,23-24H2,1-2H3,(H,48,49,55)/t28?,31?,33-,38+/m1/s1. The number of rotatable bonds is 10. The molecule has 12 heteroatoms. The lowest BCUT2D eigenvalue weighted by Gasteiger charge is -2.23. The van der Waals surface area contributed by atoms with Gasteiger partial charge in [0, 0.05) is 36.7 Å². The van der Waals surface area contributed by atoms with Gasteiger partial charge in [-0.2, -0.15) is 5.10 Å². The van der Waals surface area contributed by atoms with Gasteiger partial charge in [0.25, 0.3) is 0 Å². The summed E-state index contributed by atoms with van der Waals surface area (Å²) in [4.78, 5) is 54.7. The first-order valence-electron chi connectivity index (χ1n) is 19.4. The highest BCUT2D eigenvalue weighted by Crippen LogP contribution is 2.44. The van der Waals surface area contributed by atoms with Crippen molar-refractivity contribution < 1.29 is 18.8 Å². The molecule has 2 unspecified atom stereocenters. The van der Waals surface area contributed by atoms with Gasteiger partial charge < -0.3 is 10.2 Å². The quantitative estimate of drug-likeness (QED) is 0.111. The maximum absolute atomic E-state index is 14.9. The molecule has 2 aliphatic carbocycles. The van der Waals surface area contributed by atoms with E-state index in [1.54, 1.807) is 30.6 Å². The van der Waals surface area contributed by atoms with E-state index in [1.165, 1.54) is 67.0 Å². The number of nitrogens with one attached hydrogen (secondary N) is 1. The molecule has 3 fully saturated rings. The molecule has 1 aliphatic heterocycles. The molecule has 5 aromatic rings. The van der Waals surface area contributed by atoms with Crippen LogP contribution in [-0.2, 0) is 22.6 Å². The number of hydrogen-bond donors (Lipinski definition) is 1. The van der Waals surface area contributed by atoms with Gasteiger partial charge in [0.05, 0.1) is 12.1 Å².